The van der Waals surface area contributed by atoms with Gasteiger partial charge in [0.1, 0.15) is 0 Å². The zero-order valence-electron chi connectivity index (χ0n) is 12.9. The summed E-state index contributed by atoms with van der Waals surface area (Å²) in [4.78, 5) is 14.8. The van der Waals surface area contributed by atoms with E-state index >= 15 is 0 Å². The van der Waals surface area contributed by atoms with Gasteiger partial charge in [0, 0.05) is 11.6 Å². The van der Waals surface area contributed by atoms with Crippen LogP contribution >= 0.6 is 0 Å². The topological polar surface area (TPSA) is 20.3 Å². The summed E-state index contributed by atoms with van der Waals surface area (Å²) < 4.78 is 0. The molecule has 2 atom stereocenters. The Morgan fingerprint density at radius 3 is 2.21 bits per heavy atom. The first-order valence-electron chi connectivity index (χ1n) is 7.28. The van der Waals surface area contributed by atoms with Gasteiger partial charge in [0.05, 0.1) is 6.04 Å². The molecule has 2 unspecified atom stereocenters. The zero-order chi connectivity index (χ0) is 14.4. The molecule has 0 saturated heterocycles. The van der Waals surface area contributed by atoms with Crippen molar-refractivity contribution >= 4 is 5.78 Å². The zero-order valence-corrected chi connectivity index (χ0v) is 12.9. The van der Waals surface area contributed by atoms with Gasteiger partial charge in [0.25, 0.3) is 0 Å². The van der Waals surface area contributed by atoms with Crippen LogP contribution in [0.5, 0.6) is 0 Å². The number of hydrogen-bond acceptors (Lipinski definition) is 2. The third-order valence-electron chi connectivity index (χ3n) is 3.75. The van der Waals surface area contributed by atoms with Crippen LogP contribution in [0, 0.1) is 5.92 Å². The molecule has 0 saturated carbocycles. The van der Waals surface area contributed by atoms with Crippen LogP contribution in [0.1, 0.15) is 50.9 Å². The van der Waals surface area contributed by atoms with E-state index in [-0.39, 0.29) is 11.8 Å². The third-order valence-corrected chi connectivity index (χ3v) is 3.75. The van der Waals surface area contributed by atoms with Gasteiger partial charge in [-0.15, -0.1) is 0 Å². The largest absolute Gasteiger partial charge is 0.294 e. The molecule has 0 aliphatic heterocycles. The number of carbonyl (C=O) groups is 1. The predicted molar refractivity (Wildman–Crippen MR) is 81.5 cm³/mol. The van der Waals surface area contributed by atoms with Gasteiger partial charge in [0.2, 0.25) is 0 Å². The normalized spacial score (nSPS) is 14.7. The van der Waals surface area contributed by atoms with E-state index in [2.05, 4.69) is 39.6 Å². The fraction of sp³-hybridized carbons (Fsp3) is 0.588. The first-order chi connectivity index (χ1) is 8.97. The van der Waals surface area contributed by atoms with Crippen LogP contribution in [0.3, 0.4) is 0 Å². The standard InChI is InChI=1S/C17H27NO/c1-6-16(18(5)14(4)12-13(2)3)17(19)15-10-8-7-9-11-15/h7-11,13-14,16H,6,12H2,1-5H3. The van der Waals surface area contributed by atoms with E-state index in [9.17, 15) is 4.79 Å². The Balaban J connectivity index is 2.80. The van der Waals surface area contributed by atoms with Crippen molar-refractivity contribution in [1.82, 2.24) is 4.90 Å². The molecule has 0 bridgehead atoms. The molecule has 0 heterocycles. The lowest BCUT2D eigenvalue weighted by Gasteiger charge is -2.32. The lowest BCUT2D eigenvalue weighted by molar-refractivity contribution is 0.0779. The van der Waals surface area contributed by atoms with E-state index in [1.165, 1.54) is 0 Å². The van der Waals surface area contributed by atoms with Crippen molar-refractivity contribution in [3.05, 3.63) is 35.9 Å². The van der Waals surface area contributed by atoms with E-state index in [4.69, 9.17) is 0 Å². The van der Waals surface area contributed by atoms with E-state index in [1.807, 2.05) is 30.3 Å². The summed E-state index contributed by atoms with van der Waals surface area (Å²) in [5.74, 6) is 0.892. The number of likely N-dealkylation sites (N-methyl/N-ethyl adjacent to an activating group) is 1. The average Bonchev–Trinajstić information content (AvgIpc) is 2.39. The van der Waals surface area contributed by atoms with Crippen molar-refractivity contribution in [3.8, 4) is 0 Å². The minimum absolute atomic E-state index is 0.0175. The molecular weight excluding hydrogens is 234 g/mol. The van der Waals surface area contributed by atoms with Gasteiger partial charge in [-0.1, -0.05) is 51.1 Å². The number of nitrogens with zero attached hydrogens (tertiary/aromatic N) is 1. The van der Waals surface area contributed by atoms with Crippen molar-refractivity contribution in [2.45, 2.75) is 52.6 Å². The molecule has 106 valence electrons. The summed E-state index contributed by atoms with van der Waals surface area (Å²) in [7, 11) is 2.07. The minimum Gasteiger partial charge on any atom is -0.294 e. The number of Topliss-reactive ketones (excluding diaryl/α,β-unsaturated/α-hetero) is 1. The molecule has 0 fully saturated rings. The number of ketones is 1. The number of carbonyl (C=O) groups excluding carboxylic acids is 1. The Bertz CT molecular complexity index is 386. The third kappa shape index (κ3) is 4.46. The van der Waals surface area contributed by atoms with Gasteiger partial charge in [-0.05, 0) is 32.7 Å². The first-order valence-corrected chi connectivity index (χ1v) is 7.28. The molecule has 0 N–H and O–H groups in total. The highest BCUT2D eigenvalue weighted by molar-refractivity contribution is 6.00. The van der Waals surface area contributed by atoms with E-state index in [0.29, 0.717) is 12.0 Å². The average molecular weight is 261 g/mol. The van der Waals surface area contributed by atoms with Crippen molar-refractivity contribution < 1.29 is 4.79 Å². The highest BCUT2D eigenvalue weighted by atomic mass is 16.1. The maximum Gasteiger partial charge on any atom is 0.179 e. The fourth-order valence-corrected chi connectivity index (χ4v) is 2.61. The molecule has 1 aromatic rings. The minimum atomic E-state index is -0.0175. The molecule has 0 aliphatic rings. The van der Waals surface area contributed by atoms with Gasteiger partial charge in [-0.3, -0.25) is 9.69 Å². The van der Waals surface area contributed by atoms with E-state index < -0.39 is 0 Å². The molecule has 0 aromatic heterocycles. The maximum atomic E-state index is 12.6. The maximum absolute atomic E-state index is 12.6. The van der Waals surface area contributed by atoms with Gasteiger partial charge in [-0.2, -0.15) is 0 Å². The monoisotopic (exact) mass is 261 g/mol. The van der Waals surface area contributed by atoms with Crippen LogP contribution < -0.4 is 0 Å². The lowest BCUT2D eigenvalue weighted by atomic mass is 9.97. The molecule has 0 radical (unpaired) electrons. The summed E-state index contributed by atoms with van der Waals surface area (Å²) in [5.41, 5.74) is 0.818. The number of hydrogen-bond donors (Lipinski definition) is 0. The number of rotatable bonds is 7. The van der Waals surface area contributed by atoms with Crippen LogP contribution in [0.4, 0.5) is 0 Å². The van der Waals surface area contributed by atoms with Crippen molar-refractivity contribution in [2.24, 2.45) is 5.92 Å². The SMILES string of the molecule is CCC(C(=O)c1ccccc1)N(C)C(C)CC(C)C. The van der Waals surface area contributed by atoms with Gasteiger partial charge in [0.15, 0.2) is 5.78 Å². The Morgan fingerprint density at radius 1 is 1.16 bits per heavy atom. The molecule has 2 nitrogen and oxygen atoms in total. The second-order valence-electron chi connectivity index (χ2n) is 5.80. The summed E-state index contributed by atoms with van der Waals surface area (Å²) >= 11 is 0. The van der Waals surface area contributed by atoms with Crippen LogP contribution in [-0.2, 0) is 0 Å². The summed E-state index contributed by atoms with van der Waals surface area (Å²) in [6.07, 6.45) is 1.97. The van der Waals surface area contributed by atoms with Crippen molar-refractivity contribution in [3.63, 3.8) is 0 Å². The molecule has 0 amide bonds. The van der Waals surface area contributed by atoms with Crippen molar-refractivity contribution in [1.29, 1.82) is 0 Å². The predicted octanol–water partition coefficient (Wildman–Crippen LogP) is 4.01. The second-order valence-corrected chi connectivity index (χ2v) is 5.80. The summed E-state index contributed by atoms with van der Waals surface area (Å²) in [6.45, 7) is 8.75. The molecule has 19 heavy (non-hydrogen) atoms. The Hall–Kier alpha value is -1.15. The Kier molecular flexibility index (Phi) is 6.23. The van der Waals surface area contributed by atoms with Gasteiger partial charge < -0.3 is 0 Å². The quantitative estimate of drug-likeness (QED) is 0.691. The van der Waals surface area contributed by atoms with Gasteiger partial charge in [-0.25, -0.2) is 0 Å². The van der Waals surface area contributed by atoms with Crippen LogP contribution in [0.25, 0.3) is 0 Å². The molecule has 2 heteroatoms. The number of benzene rings is 1. The summed E-state index contributed by atoms with van der Waals surface area (Å²) in [5, 5.41) is 0. The van der Waals surface area contributed by atoms with Crippen LogP contribution in [0.2, 0.25) is 0 Å². The molecule has 0 aliphatic carbocycles. The molecular formula is C17H27NO. The van der Waals surface area contributed by atoms with Crippen LogP contribution in [-0.4, -0.2) is 29.8 Å². The second kappa shape index (κ2) is 7.44. The Labute approximate surface area is 117 Å². The highest BCUT2D eigenvalue weighted by Gasteiger charge is 2.25. The van der Waals surface area contributed by atoms with E-state index in [1.54, 1.807) is 0 Å². The molecule has 1 aromatic carbocycles. The van der Waals surface area contributed by atoms with Crippen molar-refractivity contribution in [2.75, 3.05) is 7.05 Å². The van der Waals surface area contributed by atoms with Crippen LogP contribution in [0.15, 0.2) is 30.3 Å². The smallest absolute Gasteiger partial charge is 0.179 e. The fourth-order valence-electron chi connectivity index (χ4n) is 2.61. The Morgan fingerprint density at radius 2 is 1.74 bits per heavy atom. The summed E-state index contributed by atoms with van der Waals surface area (Å²) in [6, 6.07) is 10.0. The lowest BCUT2D eigenvalue weighted by Crippen LogP contribution is -2.43. The first kappa shape index (κ1) is 15.9. The molecule has 1 rings (SSSR count). The van der Waals surface area contributed by atoms with Gasteiger partial charge >= 0.3 is 0 Å². The molecule has 0 spiro atoms. The highest BCUT2D eigenvalue weighted by Crippen LogP contribution is 2.17. The van der Waals surface area contributed by atoms with E-state index in [0.717, 1.165) is 18.4 Å².